The van der Waals surface area contributed by atoms with Gasteiger partial charge in [0.2, 0.25) is 0 Å². The second-order valence-corrected chi connectivity index (χ2v) is 9.93. The van der Waals surface area contributed by atoms with E-state index in [1.54, 1.807) is 0 Å². The monoisotopic (exact) mass is 358 g/mol. The number of halogens is 3. The molecule has 1 nitrogen and oxygen atoms in total. The molecule has 0 aromatic heterocycles. The Morgan fingerprint density at radius 1 is 0.920 bits per heavy atom. The molecule has 1 N–H and O–H groups in total. The van der Waals surface area contributed by atoms with Crippen molar-refractivity contribution >= 4 is 0 Å². The van der Waals surface area contributed by atoms with Crippen molar-refractivity contribution in [3.63, 3.8) is 0 Å². The minimum absolute atomic E-state index is 0.0517. The summed E-state index contributed by atoms with van der Waals surface area (Å²) in [4.78, 5) is 0. The fraction of sp³-hybridized carbons (Fsp3) is 1.00. The van der Waals surface area contributed by atoms with Crippen molar-refractivity contribution in [3.05, 3.63) is 0 Å². The van der Waals surface area contributed by atoms with Crippen LogP contribution in [-0.4, -0.2) is 16.9 Å². The molecule has 0 amide bonds. The summed E-state index contributed by atoms with van der Waals surface area (Å²) in [7, 11) is 0. The van der Waals surface area contributed by atoms with Crippen LogP contribution >= 0.6 is 0 Å². The first-order chi connectivity index (χ1) is 11.7. The zero-order chi connectivity index (χ0) is 18.0. The van der Waals surface area contributed by atoms with Gasteiger partial charge < -0.3 is 5.11 Å². The summed E-state index contributed by atoms with van der Waals surface area (Å²) < 4.78 is 39.8. The van der Waals surface area contributed by atoms with Crippen molar-refractivity contribution in [1.29, 1.82) is 0 Å². The summed E-state index contributed by atoms with van der Waals surface area (Å²) in [6.07, 6.45) is 4.39. The summed E-state index contributed by atoms with van der Waals surface area (Å²) >= 11 is 0. The standard InChI is InChI=1S/C21H33F3O/c1-3-14-5-7-18-17-6-4-13-12-20(25,21(22,23)24)11-9-15(13)16(17)8-10-19(14,18)2/h13-18,25H,3-12H2,1-2H3/t13-,14+,15+,16?,17?,18?,19+,20-/m1/s1. The summed E-state index contributed by atoms with van der Waals surface area (Å²) in [5.41, 5.74) is -1.95. The number of hydrogen-bond acceptors (Lipinski definition) is 1. The molecule has 0 spiro atoms. The lowest BCUT2D eigenvalue weighted by Gasteiger charge is -2.57. The minimum atomic E-state index is -4.47. The van der Waals surface area contributed by atoms with Gasteiger partial charge in [0.05, 0.1) is 0 Å². The predicted molar refractivity (Wildman–Crippen MR) is 91.9 cm³/mol. The van der Waals surface area contributed by atoms with Gasteiger partial charge in [-0.3, -0.25) is 0 Å². The third-order valence-electron chi connectivity index (χ3n) is 9.23. The smallest absolute Gasteiger partial charge is 0.380 e. The van der Waals surface area contributed by atoms with Crippen LogP contribution < -0.4 is 0 Å². The quantitative estimate of drug-likeness (QED) is 0.613. The van der Waals surface area contributed by atoms with E-state index in [0.717, 1.165) is 30.6 Å². The number of fused-ring (bicyclic) bond motifs is 5. The van der Waals surface area contributed by atoms with Gasteiger partial charge >= 0.3 is 6.18 Å². The zero-order valence-electron chi connectivity index (χ0n) is 15.6. The first-order valence-corrected chi connectivity index (χ1v) is 10.5. The normalized spacial score (nSPS) is 53.0. The van der Waals surface area contributed by atoms with E-state index >= 15 is 0 Å². The highest BCUT2D eigenvalue weighted by atomic mass is 19.4. The molecule has 4 rings (SSSR count). The van der Waals surface area contributed by atoms with Crippen LogP contribution in [0, 0.1) is 40.9 Å². The van der Waals surface area contributed by atoms with Crippen molar-refractivity contribution in [2.24, 2.45) is 40.9 Å². The van der Waals surface area contributed by atoms with Gasteiger partial charge in [0, 0.05) is 0 Å². The van der Waals surface area contributed by atoms with Crippen molar-refractivity contribution in [2.45, 2.75) is 89.8 Å². The molecule has 4 aliphatic carbocycles. The molecule has 4 saturated carbocycles. The Labute approximate surface area is 149 Å². The van der Waals surface area contributed by atoms with Crippen LogP contribution in [0.4, 0.5) is 13.2 Å². The molecule has 8 atom stereocenters. The average molecular weight is 358 g/mol. The molecule has 144 valence electrons. The van der Waals surface area contributed by atoms with E-state index in [1.807, 2.05) is 0 Å². The molecular formula is C21H33F3O. The number of hydrogen-bond donors (Lipinski definition) is 1. The van der Waals surface area contributed by atoms with E-state index in [4.69, 9.17) is 0 Å². The molecule has 0 aromatic rings. The maximum atomic E-state index is 13.3. The van der Waals surface area contributed by atoms with Gasteiger partial charge in [-0.1, -0.05) is 20.3 Å². The van der Waals surface area contributed by atoms with Crippen molar-refractivity contribution in [1.82, 2.24) is 0 Å². The van der Waals surface area contributed by atoms with Crippen LogP contribution in [0.1, 0.15) is 78.1 Å². The van der Waals surface area contributed by atoms with Crippen LogP contribution in [0.3, 0.4) is 0 Å². The van der Waals surface area contributed by atoms with Gasteiger partial charge in [-0.25, -0.2) is 0 Å². The Bertz CT molecular complexity index is 518. The largest absolute Gasteiger partial charge is 0.417 e. The average Bonchev–Trinajstić information content (AvgIpc) is 2.89. The molecular weight excluding hydrogens is 325 g/mol. The Kier molecular flexibility index (Phi) is 4.26. The third-order valence-corrected chi connectivity index (χ3v) is 9.23. The zero-order valence-corrected chi connectivity index (χ0v) is 15.6. The predicted octanol–water partition coefficient (Wildman–Crippen LogP) is 5.96. The van der Waals surface area contributed by atoms with E-state index in [2.05, 4.69) is 13.8 Å². The first kappa shape index (κ1) is 18.1. The van der Waals surface area contributed by atoms with Crippen LogP contribution in [0.2, 0.25) is 0 Å². The van der Waals surface area contributed by atoms with Crippen molar-refractivity contribution in [3.8, 4) is 0 Å². The molecule has 0 heterocycles. The van der Waals surface area contributed by atoms with Crippen LogP contribution in [-0.2, 0) is 0 Å². The second kappa shape index (κ2) is 5.87. The third kappa shape index (κ3) is 2.60. The van der Waals surface area contributed by atoms with E-state index in [9.17, 15) is 18.3 Å². The van der Waals surface area contributed by atoms with Gasteiger partial charge in [0.1, 0.15) is 0 Å². The van der Waals surface area contributed by atoms with Crippen LogP contribution in [0.5, 0.6) is 0 Å². The molecule has 0 saturated heterocycles. The molecule has 0 aromatic carbocycles. The Balaban J connectivity index is 1.52. The lowest BCUT2D eigenvalue weighted by atomic mass is 9.49. The highest BCUT2D eigenvalue weighted by Crippen LogP contribution is 2.65. The van der Waals surface area contributed by atoms with Crippen molar-refractivity contribution in [2.75, 3.05) is 0 Å². The number of aliphatic hydroxyl groups is 1. The highest BCUT2D eigenvalue weighted by molar-refractivity contribution is 5.07. The highest BCUT2D eigenvalue weighted by Gasteiger charge is 2.61. The molecule has 3 unspecified atom stereocenters. The van der Waals surface area contributed by atoms with Gasteiger partial charge in [0.25, 0.3) is 0 Å². The van der Waals surface area contributed by atoms with Crippen LogP contribution in [0.15, 0.2) is 0 Å². The Morgan fingerprint density at radius 3 is 2.32 bits per heavy atom. The molecule has 0 aliphatic heterocycles. The van der Waals surface area contributed by atoms with E-state index in [-0.39, 0.29) is 18.8 Å². The fourth-order valence-corrected chi connectivity index (χ4v) is 7.92. The van der Waals surface area contributed by atoms with E-state index in [1.165, 1.54) is 32.1 Å². The maximum absolute atomic E-state index is 13.3. The van der Waals surface area contributed by atoms with Gasteiger partial charge in [-0.05, 0) is 98.7 Å². The molecule has 0 bridgehead atoms. The van der Waals surface area contributed by atoms with Gasteiger partial charge in [0.15, 0.2) is 5.60 Å². The Hall–Kier alpha value is -0.250. The SMILES string of the molecule is CC[C@H]1CCC2C3CC[C@@H]4C[C@@](O)(C(F)(F)F)CC[C@@H]4C3CC[C@]21C. The summed E-state index contributed by atoms with van der Waals surface area (Å²) in [6, 6.07) is 0. The van der Waals surface area contributed by atoms with Gasteiger partial charge in [-0.2, -0.15) is 13.2 Å². The fourth-order valence-electron chi connectivity index (χ4n) is 7.92. The van der Waals surface area contributed by atoms with Crippen molar-refractivity contribution < 1.29 is 18.3 Å². The molecule has 0 radical (unpaired) electrons. The number of rotatable bonds is 1. The molecule has 4 heteroatoms. The Morgan fingerprint density at radius 2 is 1.64 bits per heavy atom. The number of alkyl halides is 3. The summed E-state index contributed by atoms with van der Waals surface area (Å²) in [5, 5.41) is 10.2. The molecule has 25 heavy (non-hydrogen) atoms. The maximum Gasteiger partial charge on any atom is 0.417 e. The molecule has 4 aliphatic rings. The second-order valence-electron chi connectivity index (χ2n) is 9.93. The van der Waals surface area contributed by atoms with Crippen LogP contribution in [0.25, 0.3) is 0 Å². The van der Waals surface area contributed by atoms with E-state index < -0.39 is 11.8 Å². The van der Waals surface area contributed by atoms with E-state index in [0.29, 0.717) is 23.7 Å². The first-order valence-electron chi connectivity index (χ1n) is 10.5. The summed E-state index contributed by atoms with van der Waals surface area (Å²) in [6.45, 7) is 4.82. The minimum Gasteiger partial charge on any atom is -0.380 e. The summed E-state index contributed by atoms with van der Waals surface area (Å²) in [5.74, 6) is 3.48. The lowest BCUT2D eigenvalue weighted by Crippen LogP contribution is -2.55. The van der Waals surface area contributed by atoms with Gasteiger partial charge in [-0.15, -0.1) is 0 Å². The lowest BCUT2D eigenvalue weighted by molar-refractivity contribution is -0.282. The molecule has 4 fully saturated rings. The topological polar surface area (TPSA) is 20.2 Å².